The highest BCUT2D eigenvalue weighted by Crippen LogP contribution is 2.39. The largest absolute Gasteiger partial charge is 0.372 e. The minimum atomic E-state index is 0.490. The van der Waals surface area contributed by atoms with Crippen LogP contribution in [0.4, 0.5) is 11.4 Å². The molecule has 1 aliphatic carbocycles. The third kappa shape index (κ3) is 7.30. The van der Waals surface area contributed by atoms with E-state index in [0.717, 1.165) is 58.7 Å². The summed E-state index contributed by atoms with van der Waals surface area (Å²) in [4.78, 5) is 9.97. The molecule has 0 amide bonds. The van der Waals surface area contributed by atoms with Crippen molar-refractivity contribution in [3.05, 3.63) is 113 Å². The SMILES string of the molecule is CCN(CC)c1ccc(C(=C2C=CC3Cc4ccccc4CN(CCCN(C)C)C3C2)c2ccc(N(CC)CC)cc2)cc1. The third-order valence-corrected chi connectivity index (χ3v) is 9.83. The third-order valence-electron chi connectivity index (χ3n) is 9.83. The average Bonchev–Trinajstić information content (AvgIpc) is 3.20. The lowest BCUT2D eigenvalue weighted by molar-refractivity contribution is 0.148. The van der Waals surface area contributed by atoms with Crippen molar-refractivity contribution >= 4 is 16.9 Å². The molecule has 0 saturated heterocycles. The van der Waals surface area contributed by atoms with Gasteiger partial charge in [0.1, 0.15) is 0 Å². The van der Waals surface area contributed by atoms with Crippen LogP contribution in [-0.4, -0.2) is 69.2 Å². The van der Waals surface area contributed by atoms with E-state index in [1.54, 1.807) is 0 Å². The summed E-state index contributed by atoms with van der Waals surface area (Å²) in [5, 5.41) is 0. The van der Waals surface area contributed by atoms with Gasteiger partial charge in [-0.15, -0.1) is 0 Å². The zero-order valence-corrected chi connectivity index (χ0v) is 28.1. The van der Waals surface area contributed by atoms with Crippen molar-refractivity contribution in [2.45, 2.75) is 59.5 Å². The molecule has 2 unspecified atom stereocenters. The summed E-state index contributed by atoms with van der Waals surface area (Å²) in [6.45, 7) is 16.3. The molecule has 4 nitrogen and oxygen atoms in total. The van der Waals surface area contributed by atoms with Crippen LogP contribution in [0.3, 0.4) is 0 Å². The van der Waals surface area contributed by atoms with E-state index in [1.165, 1.54) is 51.2 Å². The van der Waals surface area contributed by atoms with Crippen molar-refractivity contribution in [2.24, 2.45) is 5.92 Å². The van der Waals surface area contributed by atoms with E-state index in [-0.39, 0.29) is 0 Å². The van der Waals surface area contributed by atoms with E-state index in [0.29, 0.717) is 12.0 Å². The second-order valence-corrected chi connectivity index (χ2v) is 12.7. The van der Waals surface area contributed by atoms with Crippen LogP contribution in [0, 0.1) is 5.92 Å². The van der Waals surface area contributed by atoms with E-state index in [1.807, 2.05) is 0 Å². The highest BCUT2D eigenvalue weighted by atomic mass is 15.2. The van der Waals surface area contributed by atoms with Crippen molar-refractivity contribution < 1.29 is 0 Å². The summed E-state index contributed by atoms with van der Waals surface area (Å²) in [5.74, 6) is 0.526. The molecule has 1 heterocycles. The zero-order chi connectivity index (χ0) is 31.1. The van der Waals surface area contributed by atoms with E-state index in [2.05, 4.69) is 146 Å². The Balaban J connectivity index is 1.56. The first-order valence-electron chi connectivity index (χ1n) is 17.0. The predicted molar refractivity (Wildman–Crippen MR) is 191 cm³/mol. The van der Waals surface area contributed by atoms with Crippen LogP contribution in [0.2, 0.25) is 0 Å². The van der Waals surface area contributed by atoms with E-state index in [4.69, 9.17) is 0 Å². The first kappa shape index (κ1) is 32.1. The maximum absolute atomic E-state index is 2.80. The number of nitrogens with zero attached hydrogens (tertiary/aromatic N) is 4. The number of benzene rings is 3. The van der Waals surface area contributed by atoms with Crippen LogP contribution < -0.4 is 9.80 Å². The van der Waals surface area contributed by atoms with E-state index in [9.17, 15) is 0 Å². The number of allylic oxidation sites excluding steroid dienone is 1. The van der Waals surface area contributed by atoms with Crippen LogP contribution in [0.15, 0.2) is 90.5 Å². The van der Waals surface area contributed by atoms with Crippen molar-refractivity contribution in [3.63, 3.8) is 0 Å². The number of fused-ring (bicyclic) bond motifs is 2. The fraction of sp³-hybridized carbons (Fsp3) is 0.450. The minimum absolute atomic E-state index is 0.490. The van der Waals surface area contributed by atoms with E-state index >= 15 is 0 Å². The van der Waals surface area contributed by atoms with Gasteiger partial charge >= 0.3 is 0 Å². The van der Waals surface area contributed by atoms with Gasteiger partial charge in [-0.1, -0.05) is 60.7 Å². The van der Waals surface area contributed by atoms with Gasteiger partial charge in [-0.2, -0.15) is 0 Å². The Hall–Kier alpha value is -3.34. The minimum Gasteiger partial charge on any atom is -0.372 e. The van der Waals surface area contributed by atoms with Gasteiger partial charge < -0.3 is 14.7 Å². The fourth-order valence-electron chi connectivity index (χ4n) is 7.33. The molecule has 0 radical (unpaired) electrons. The van der Waals surface area contributed by atoms with Gasteiger partial charge in [0.15, 0.2) is 0 Å². The molecule has 234 valence electrons. The van der Waals surface area contributed by atoms with Gasteiger partial charge in [0, 0.05) is 56.7 Å². The molecule has 0 bridgehead atoms. The molecule has 3 aromatic rings. The first-order valence-corrected chi connectivity index (χ1v) is 17.0. The van der Waals surface area contributed by atoms with Crippen LogP contribution in [-0.2, 0) is 13.0 Å². The number of hydrogen-bond acceptors (Lipinski definition) is 4. The molecule has 3 aromatic carbocycles. The highest BCUT2D eigenvalue weighted by molar-refractivity contribution is 5.85. The van der Waals surface area contributed by atoms with Crippen LogP contribution >= 0.6 is 0 Å². The number of rotatable bonds is 12. The quantitative estimate of drug-likeness (QED) is 0.211. The maximum Gasteiger partial charge on any atom is 0.0366 e. The van der Waals surface area contributed by atoms with Gasteiger partial charge in [0.25, 0.3) is 0 Å². The van der Waals surface area contributed by atoms with E-state index < -0.39 is 0 Å². The van der Waals surface area contributed by atoms with Gasteiger partial charge in [-0.3, -0.25) is 4.90 Å². The Morgan fingerprint density at radius 3 is 1.77 bits per heavy atom. The van der Waals surface area contributed by atoms with Crippen molar-refractivity contribution in [2.75, 3.05) is 63.2 Å². The highest BCUT2D eigenvalue weighted by Gasteiger charge is 2.33. The zero-order valence-electron chi connectivity index (χ0n) is 28.1. The number of anilines is 2. The summed E-state index contributed by atoms with van der Waals surface area (Å²) < 4.78 is 0. The molecule has 2 aliphatic rings. The van der Waals surface area contributed by atoms with Gasteiger partial charge in [-0.25, -0.2) is 0 Å². The molecular formula is C40H54N4. The first-order chi connectivity index (χ1) is 21.4. The van der Waals surface area contributed by atoms with Crippen molar-refractivity contribution in [3.8, 4) is 0 Å². The lowest BCUT2D eigenvalue weighted by atomic mass is 9.79. The normalized spacial score (nSPS) is 18.1. The standard InChI is InChI=1S/C40H54N4/c1-7-42(8-2)37-22-18-31(19-23-37)40(32-20-24-38(25-21-32)43(9-3)10-4)35-17-16-34-28-33-14-11-12-15-36(33)30-44(39(34)29-35)27-13-26-41(5)6/h11-12,14-25,34,39H,7-10,13,26-30H2,1-6H3. The molecule has 0 spiro atoms. The molecule has 2 atom stereocenters. The van der Waals surface area contributed by atoms with Crippen LogP contribution in [0.1, 0.15) is 62.8 Å². The van der Waals surface area contributed by atoms with Gasteiger partial charge in [0.05, 0.1) is 0 Å². The van der Waals surface area contributed by atoms with Crippen LogP contribution in [0.5, 0.6) is 0 Å². The Bertz CT molecular complexity index is 1340. The smallest absolute Gasteiger partial charge is 0.0366 e. The predicted octanol–water partition coefficient (Wildman–Crippen LogP) is 8.14. The lowest BCUT2D eigenvalue weighted by Crippen LogP contribution is -2.41. The Labute approximate surface area is 267 Å². The summed E-state index contributed by atoms with van der Waals surface area (Å²) in [6, 6.07) is 28.3. The Morgan fingerprint density at radius 2 is 1.25 bits per heavy atom. The molecule has 1 aliphatic heterocycles. The molecule has 0 aromatic heterocycles. The fourth-order valence-corrected chi connectivity index (χ4v) is 7.33. The maximum atomic E-state index is 2.80. The molecule has 0 fully saturated rings. The molecule has 4 heteroatoms. The molecule has 0 N–H and O–H groups in total. The molecule has 44 heavy (non-hydrogen) atoms. The lowest BCUT2D eigenvalue weighted by Gasteiger charge is -2.37. The average molecular weight is 591 g/mol. The summed E-state index contributed by atoms with van der Waals surface area (Å²) in [6.07, 6.45) is 8.40. The Morgan fingerprint density at radius 1 is 0.705 bits per heavy atom. The summed E-state index contributed by atoms with van der Waals surface area (Å²) in [5.41, 5.74) is 11.1. The van der Waals surface area contributed by atoms with Crippen molar-refractivity contribution in [1.82, 2.24) is 9.80 Å². The van der Waals surface area contributed by atoms with Crippen LogP contribution in [0.25, 0.3) is 5.57 Å². The van der Waals surface area contributed by atoms with Gasteiger partial charge in [0.2, 0.25) is 0 Å². The monoisotopic (exact) mass is 590 g/mol. The topological polar surface area (TPSA) is 13.0 Å². The Kier molecular flexibility index (Phi) is 11.0. The van der Waals surface area contributed by atoms with Gasteiger partial charge in [-0.05, 0) is 131 Å². The van der Waals surface area contributed by atoms with Crippen molar-refractivity contribution in [1.29, 1.82) is 0 Å². The molecule has 0 saturated carbocycles. The molecule has 5 rings (SSSR count). The second-order valence-electron chi connectivity index (χ2n) is 12.7. The summed E-state index contributed by atoms with van der Waals surface area (Å²) in [7, 11) is 4.38. The summed E-state index contributed by atoms with van der Waals surface area (Å²) >= 11 is 0. The number of hydrogen-bond donors (Lipinski definition) is 0. The molecular weight excluding hydrogens is 536 g/mol. The second kappa shape index (κ2) is 15.1.